The van der Waals surface area contributed by atoms with Crippen LogP contribution in [-0.4, -0.2) is 36.0 Å². The van der Waals surface area contributed by atoms with Gasteiger partial charge in [-0.15, -0.1) is 0 Å². The minimum Gasteiger partial charge on any atom is -0.468 e. The molecule has 0 spiro atoms. The molecule has 1 aliphatic rings. The molecule has 0 bridgehead atoms. The summed E-state index contributed by atoms with van der Waals surface area (Å²) in [5, 5.41) is 10.9. The standard InChI is InChI=1S/C12H12N2O5/c1-8(15)18-7-9-6-13-12(19-9)10-4-2-3-5-11(10)14(16)17/h2-5,9H,6-7H2,1H3. The van der Waals surface area contributed by atoms with E-state index < -0.39 is 17.0 Å². The van der Waals surface area contributed by atoms with E-state index in [2.05, 4.69) is 4.99 Å². The quantitative estimate of drug-likeness (QED) is 0.464. The molecular weight excluding hydrogens is 252 g/mol. The Morgan fingerprint density at radius 2 is 2.32 bits per heavy atom. The summed E-state index contributed by atoms with van der Waals surface area (Å²) in [7, 11) is 0. The highest BCUT2D eigenvalue weighted by molar-refractivity contribution is 5.98. The van der Waals surface area contributed by atoms with Gasteiger partial charge < -0.3 is 9.47 Å². The van der Waals surface area contributed by atoms with Gasteiger partial charge in [-0.05, 0) is 6.07 Å². The maximum atomic E-state index is 10.9. The molecule has 1 aromatic rings. The molecule has 7 nitrogen and oxygen atoms in total. The third-order valence-electron chi connectivity index (χ3n) is 2.52. The van der Waals surface area contributed by atoms with Crippen LogP contribution in [0.25, 0.3) is 0 Å². The Bertz CT molecular complexity index is 541. The zero-order valence-corrected chi connectivity index (χ0v) is 10.2. The van der Waals surface area contributed by atoms with Crippen molar-refractivity contribution in [2.75, 3.05) is 13.2 Å². The molecule has 100 valence electrons. The minimum absolute atomic E-state index is 0.0608. The second kappa shape index (κ2) is 5.47. The van der Waals surface area contributed by atoms with Crippen LogP contribution in [0.5, 0.6) is 0 Å². The zero-order valence-electron chi connectivity index (χ0n) is 10.2. The molecule has 1 aromatic carbocycles. The van der Waals surface area contributed by atoms with Crippen molar-refractivity contribution in [3.63, 3.8) is 0 Å². The number of para-hydroxylation sites is 1. The smallest absolute Gasteiger partial charge is 0.302 e. The molecule has 0 fully saturated rings. The van der Waals surface area contributed by atoms with Gasteiger partial charge in [0.05, 0.1) is 11.5 Å². The van der Waals surface area contributed by atoms with E-state index in [1.54, 1.807) is 18.2 Å². The zero-order chi connectivity index (χ0) is 13.8. The highest BCUT2D eigenvalue weighted by atomic mass is 16.6. The van der Waals surface area contributed by atoms with Gasteiger partial charge in [-0.3, -0.25) is 14.9 Å². The molecule has 19 heavy (non-hydrogen) atoms. The lowest BCUT2D eigenvalue weighted by Crippen LogP contribution is -2.22. The molecule has 0 amide bonds. The Balaban J connectivity index is 2.09. The van der Waals surface area contributed by atoms with Crippen molar-refractivity contribution in [2.45, 2.75) is 13.0 Å². The van der Waals surface area contributed by atoms with Gasteiger partial charge in [0.1, 0.15) is 12.2 Å². The summed E-state index contributed by atoms with van der Waals surface area (Å²) in [6, 6.07) is 6.22. The number of nitro groups is 1. The van der Waals surface area contributed by atoms with Crippen molar-refractivity contribution < 1.29 is 19.2 Å². The van der Waals surface area contributed by atoms with Gasteiger partial charge in [-0.1, -0.05) is 12.1 Å². The van der Waals surface area contributed by atoms with Crippen LogP contribution in [0.4, 0.5) is 5.69 Å². The van der Waals surface area contributed by atoms with Crippen LogP contribution >= 0.6 is 0 Å². The Kier molecular flexibility index (Phi) is 3.74. The monoisotopic (exact) mass is 264 g/mol. The summed E-state index contributed by atoms with van der Waals surface area (Å²) < 4.78 is 10.3. The second-order valence-corrected chi connectivity index (χ2v) is 3.96. The topological polar surface area (TPSA) is 91.0 Å². The van der Waals surface area contributed by atoms with Crippen LogP contribution in [0.1, 0.15) is 12.5 Å². The summed E-state index contributed by atoms with van der Waals surface area (Å²) in [6.07, 6.45) is -0.390. The number of esters is 1. The average Bonchev–Trinajstić information content (AvgIpc) is 2.85. The van der Waals surface area contributed by atoms with E-state index in [0.29, 0.717) is 12.1 Å². The van der Waals surface area contributed by atoms with Crippen molar-refractivity contribution in [1.29, 1.82) is 0 Å². The Labute approximate surface area is 109 Å². The van der Waals surface area contributed by atoms with Crippen LogP contribution in [0, 0.1) is 10.1 Å². The van der Waals surface area contributed by atoms with E-state index in [9.17, 15) is 14.9 Å². The highest BCUT2D eigenvalue weighted by Gasteiger charge is 2.26. The number of nitrogens with zero attached hydrogens (tertiary/aromatic N) is 2. The van der Waals surface area contributed by atoms with Gasteiger partial charge in [-0.2, -0.15) is 0 Å². The molecule has 0 radical (unpaired) electrons. The van der Waals surface area contributed by atoms with Gasteiger partial charge in [0.25, 0.3) is 5.69 Å². The number of aliphatic imine (C=N–C) groups is 1. The SMILES string of the molecule is CC(=O)OCC1CN=C(c2ccccc2[N+](=O)[O-])O1. The summed E-state index contributed by atoms with van der Waals surface area (Å²) in [6.45, 7) is 1.70. The van der Waals surface area contributed by atoms with Gasteiger partial charge in [0, 0.05) is 13.0 Å². The lowest BCUT2D eigenvalue weighted by molar-refractivity contribution is -0.385. The lowest BCUT2D eigenvalue weighted by atomic mass is 10.2. The summed E-state index contributed by atoms with van der Waals surface area (Å²) in [4.78, 5) is 25.2. The summed E-state index contributed by atoms with van der Waals surface area (Å²) in [5.41, 5.74) is 0.271. The molecule has 1 heterocycles. The summed E-state index contributed by atoms with van der Waals surface area (Å²) >= 11 is 0. The molecule has 0 saturated heterocycles. The molecule has 1 atom stereocenters. The van der Waals surface area contributed by atoms with Crippen LogP contribution in [-0.2, 0) is 14.3 Å². The first kappa shape index (κ1) is 13.0. The third-order valence-corrected chi connectivity index (χ3v) is 2.52. The van der Waals surface area contributed by atoms with E-state index >= 15 is 0 Å². The molecular formula is C12H12N2O5. The van der Waals surface area contributed by atoms with Crippen LogP contribution < -0.4 is 0 Å². The first-order valence-electron chi connectivity index (χ1n) is 5.66. The predicted molar refractivity (Wildman–Crippen MR) is 66.0 cm³/mol. The van der Waals surface area contributed by atoms with Gasteiger partial charge in [0.15, 0.2) is 6.10 Å². The Morgan fingerprint density at radius 3 is 3.00 bits per heavy atom. The first-order valence-corrected chi connectivity index (χ1v) is 5.66. The number of benzene rings is 1. The van der Waals surface area contributed by atoms with Crippen molar-refractivity contribution >= 4 is 17.6 Å². The van der Waals surface area contributed by atoms with Crippen molar-refractivity contribution in [1.82, 2.24) is 0 Å². The van der Waals surface area contributed by atoms with E-state index in [-0.39, 0.29) is 18.2 Å². The minimum atomic E-state index is -0.486. The number of nitro benzene ring substituents is 1. The number of hydrogen-bond acceptors (Lipinski definition) is 6. The van der Waals surface area contributed by atoms with E-state index in [4.69, 9.17) is 9.47 Å². The maximum Gasteiger partial charge on any atom is 0.302 e. The van der Waals surface area contributed by atoms with Gasteiger partial charge >= 0.3 is 5.97 Å². The van der Waals surface area contributed by atoms with Gasteiger partial charge in [0.2, 0.25) is 5.90 Å². The number of carbonyl (C=O) groups excluding carboxylic acids is 1. The average molecular weight is 264 g/mol. The number of hydrogen-bond donors (Lipinski definition) is 0. The molecule has 0 aromatic heterocycles. The normalized spacial score (nSPS) is 17.5. The molecule has 0 aliphatic carbocycles. The maximum absolute atomic E-state index is 10.9. The fourth-order valence-electron chi connectivity index (χ4n) is 1.68. The van der Waals surface area contributed by atoms with E-state index in [0.717, 1.165) is 0 Å². The van der Waals surface area contributed by atoms with Crippen LogP contribution in [0.2, 0.25) is 0 Å². The number of ether oxygens (including phenoxy) is 2. The number of carbonyl (C=O) groups is 1. The Morgan fingerprint density at radius 1 is 1.58 bits per heavy atom. The largest absolute Gasteiger partial charge is 0.468 e. The fourth-order valence-corrected chi connectivity index (χ4v) is 1.68. The van der Waals surface area contributed by atoms with Crippen molar-refractivity contribution in [3.05, 3.63) is 39.9 Å². The van der Waals surface area contributed by atoms with E-state index in [1.807, 2.05) is 0 Å². The molecule has 0 saturated carbocycles. The summed E-state index contributed by atoms with van der Waals surface area (Å²) in [5.74, 6) is -0.188. The highest BCUT2D eigenvalue weighted by Crippen LogP contribution is 2.22. The molecule has 7 heteroatoms. The molecule has 0 N–H and O–H groups in total. The molecule has 2 rings (SSSR count). The van der Waals surface area contributed by atoms with Crippen LogP contribution in [0.3, 0.4) is 0 Å². The van der Waals surface area contributed by atoms with Crippen molar-refractivity contribution in [3.8, 4) is 0 Å². The van der Waals surface area contributed by atoms with Gasteiger partial charge in [-0.25, -0.2) is 4.99 Å². The third kappa shape index (κ3) is 3.06. The van der Waals surface area contributed by atoms with E-state index in [1.165, 1.54) is 13.0 Å². The lowest BCUT2D eigenvalue weighted by Gasteiger charge is -2.10. The van der Waals surface area contributed by atoms with Crippen molar-refractivity contribution in [2.24, 2.45) is 4.99 Å². The predicted octanol–water partition coefficient (Wildman–Crippen LogP) is 1.30. The fraction of sp³-hybridized carbons (Fsp3) is 0.333. The van der Waals surface area contributed by atoms with Crippen LogP contribution in [0.15, 0.2) is 29.3 Å². The second-order valence-electron chi connectivity index (χ2n) is 3.96. The first-order chi connectivity index (χ1) is 9.08. The number of rotatable bonds is 4. The Hall–Kier alpha value is -2.44. The molecule has 1 unspecified atom stereocenters. The molecule has 1 aliphatic heterocycles.